The second-order valence-electron chi connectivity index (χ2n) is 4.64. The van der Waals surface area contributed by atoms with E-state index >= 15 is 0 Å². The lowest BCUT2D eigenvalue weighted by Crippen LogP contribution is -2.57. The lowest BCUT2D eigenvalue weighted by atomic mass is 9.95. The van der Waals surface area contributed by atoms with Gasteiger partial charge in [-0.05, 0) is 19.4 Å². The van der Waals surface area contributed by atoms with Crippen molar-refractivity contribution in [2.24, 2.45) is 5.73 Å². The second-order valence-corrected chi connectivity index (χ2v) is 4.64. The quantitative estimate of drug-likeness (QED) is 0.801. The van der Waals surface area contributed by atoms with Crippen LogP contribution in [0.4, 0.5) is 0 Å². The summed E-state index contributed by atoms with van der Waals surface area (Å²) < 4.78 is 4.75. The predicted molar refractivity (Wildman–Crippen MR) is 78.7 cm³/mol. The molecule has 4 heteroatoms. The van der Waals surface area contributed by atoms with Crippen molar-refractivity contribution in [1.82, 2.24) is 5.32 Å². The number of esters is 1. The molecule has 0 aliphatic heterocycles. The Bertz CT molecular complexity index is 358. The van der Waals surface area contributed by atoms with Crippen LogP contribution in [0.1, 0.15) is 33.3 Å². The molecule has 0 saturated heterocycles. The van der Waals surface area contributed by atoms with Crippen LogP contribution >= 0.6 is 0 Å². The van der Waals surface area contributed by atoms with Gasteiger partial charge in [0.15, 0.2) is 0 Å². The Morgan fingerprint density at radius 2 is 1.84 bits per heavy atom. The Balaban J connectivity index is 0.00000154. The molecule has 1 rings (SSSR count). The van der Waals surface area contributed by atoms with E-state index in [-0.39, 0.29) is 5.97 Å². The number of ether oxygens (including phenoxy) is 1. The highest BCUT2D eigenvalue weighted by Crippen LogP contribution is 2.08. The number of methoxy groups -OCH3 is 1. The summed E-state index contributed by atoms with van der Waals surface area (Å²) in [5.74, 6) is -0.339. The van der Waals surface area contributed by atoms with Gasteiger partial charge in [0.2, 0.25) is 0 Å². The number of carbonyl (C=O) groups is 1. The highest BCUT2D eigenvalue weighted by Gasteiger charge is 2.32. The van der Waals surface area contributed by atoms with E-state index in [1.54, 1.807) is 13.8 Å². The number of carbonyl (C=O) groups excluding carboxylic acids is 1. The standard InChI is InChI=1S/C13H20N2O2.C2H6/c1-13(2,14)11(12(16)17-3)15-9-10-7-5-4-6-8-10;1-2/h4-8,11,15H,9,14H2,1-3H3;1-2H3. The Kier molecular flexibility index (Phi) is 8.03. The van der Waals surface area contributed by atoms with E-state index < -0.39 is 11.6 Å². The van der Waals surface area contributed by atoms with Gasteiger partial charge in [-0.2, -0.15) is 0 Å². The van der Waals surface area contributed by atoms with E-state index in [4.69, 9.17) is 10.5 Å². The Labute approximate surface area is 116 Å². The summed E-state index contributed by atoms with van der Waals surface area (Å²) in [4.78, 5) is 11.6. The first-order chi connectivity index (χ1) is 8.95. The van der Waals surface area contributed by atoms with Crippen molar-refractivity contribution < 1.29 is 9.53 Å². The molecule has 108 valence electrons. The Morgan fingerprint density at radius 3 is 2.26 bits per heavy atom. The van der Waals surface area contributed by atoms with Gasteiger partial charge in [0, 0.05) is 12.1 Å². The fourth-order valence-electron chi connectivity index (χ4n) is 1.58. The molecule has 3 N–H and O–H groups in total. The third-order valence-corrected chi connectivity index (χ3v) is 2.53. The topological polar surface area (TPSA) is 64.3 Å². The van der Waals surface area contributed by atoms with Crippen molar-refractivity contribution in [2.75, 3.05) is 7.11 Å². The summed E-state index contributed by atoms with van der Waals surface area (Å²) >= 11 is 0. The number of benzene rings is 1. The zero-order chi connectivity index (χ0) is 14.9. The monoisotopic (exact) mass is 266 g/mol. The first-order valence-corrected chi connectivity index (χ1v) is 6.59. The first-order valence-electron chi connectivity index (χ1n) is 6.59. The van der Waals surface area contributed by atoms with Gasteiger partial charge in [-0.3, -0.25) is 10.1 Å². The largest absolute Gasteiger partial charge is 0.468 e. The summed E-state index contributed by atoms with van der Waals surface area (Å²) in [5, 5.41) is 3.13. The molecular weight excluding hydrogens is 240 g/mol. The molecular formula is C15H26N2O2. The molecule has 0 aromatic heterocycles. The molecule has 0 heterocycles. The van der Waals surface area contributed by atoms with Crippen molar-refractivity contribution in [3.8, 4) is 0 Å². The van der Waals surface area contributed by atoms with Gasteiger partial charge in [0.05, 0.1) is 7.11 Å². The van der Waals surface area contributed by atoms with Crippen LogP contribution in [-0.2, 0) is 16.1 Å². The molecule has 0 saturated carbocycles. The molecule has 1 unspecified atom stereocenters. The van der Waals surface area contributed by atoms with Crippen LogP contribution in [0, 0.1) is 0 Å². The SMILES string of the molecule is CC.COC(=O)C(NCc1ccccc1)C(C)(C)N. The van der Waals surface area contributed by atoms with Crippen LogP contribution in [-0.4, -0.2) is 24.7 Å². The van der Waals surface area contributed by atoms with Crippen molar-refractivity contribution in [3.63, 3.8) is 0 Å². The minimum absolute atomic E-state index is 0.339. The molecule has 0 aliphatic carbocycles. The highest BCUT2D eigenvalue weighted by atomic mass is 16.5. The van der Waals surface area contributed by atoms with E-state index in [1.165, 1.54) is 7.11 Å². The molecule has 0 bridgehead atoms. The van der Waals surface area contributed by atoms with E-state index in [0.717, 1.165) is 5.56 Å². The number of hydrogen-bond acceptors (Lipinski definition) is 4. The third-order valence-electron chi connectivity index (χ3n) is 2.53. The lowest BCUT2D eigenvalue weighted by molar-refractivity contribution is -0.144. The van der Waals surface area contributed by atoms with Crippen LogP contribution in [0.15, 0.2) is 30.3 Å². The molecule has 0 spiro atoms. The Morgan fingerprint density at radius 1 is 1.32 bits per heavy atom. The van der Waals surface area contributed by atoms with Crippen LogP contribution in [0.2, 0.25) is 0 Å². The molecule has 1 atom stereocenters. The van der Waals surface area contributed by atoms with Gasteiger partial charge in [-0.25, -0.2) is 0 Å². The molecule has 4 nitrogen and oxygen atoms in total. The van der Waals surface area contributed by atoms with Gasteiger partial charge in [-0.1, -0.05) is 44.2 Å². The van der Waals surface area contributed by atoms with Crippen molar-refractivity contribution in [3.05, 3.63) is 35.9 Å². The number of hydrogen-bond donors (Lipinski definition) is 2. The molecule has 0 amide bonds. The van der Waals surface area contributed by atoms with E-state index in [0.29, 0.717) is 6.54 Å². The maximum atomic E-state index is 11.6. The summed E-state index contributed by atoms with van der Waals surface area (Å²) in [7, 11) is 1.37. The molecule has 0 fully saturated rings. The van der Waals surface area contributed by atoms with Crippen LogP contribution in [0.25, 0.3) is 0 Å². The molecule has 1 aromatic carbocycles. The summed E-state index contributed by atoms with van der Waals surface area (Å²) in [6.45, 7) is 8.18. The zero-order valence-electron chi connectivity index (χ0n) is 12.6. The molecule has 0 radical (unpaired) electrons. The van der Waals surface area contributed by atoms with Gasteiger partial charge in [0.1, 0.15) is 6.04 Å². The van der Waals surface area contributed by atoms with Crippen molar-refractivity contribution in [1.29, 1.82) is 0 Å². The predicted octanol–water partition coefficient (Wildman–Crippen LogP) is 2.08. The molecule has 1 aromatic rings. The van der Waals surface area contributed by atoms with Crippen LogP contribution in [0.5, 0.6) is 0 Å². The van der Waals surface area contributed by atoms with Crippen LogP contribution in [0.3, 0.4) is 0 Å². The highest BCUT2D eigenvalue weighted by molar-refractivity contribution is 5.77. The lowest BCUT2D eigenvalue weighted by Gasteiger charge is -2.29. The summed E-state index contributed by atoms with van der Waals surface area (Å²) in [6, 6.07) is 9.33. The van der Waals surface area contributed by atoms with Gasteiger partial charge in [-0.15, -0.1) is 0 Å². The number of rotatable bonds is 5. The molecule has 19 heavy (non-hydrogen) atoms. The second kappa shape index (κ2) is 8.67. The smallest absolute Gasteiger partial charge is 0.324 e. The fraction of sp³-hybridized carbons (Fsp3) is 0.533. The van der Waals surface area contributed by atoms with Gasteiger partial charge >= 0.3 is 5.97 Å². The number of nitrogens with two attached hydrogens (primary N) is 1. The maximum absolute atomic E-state index is 11.6. The summed E-state index contributed by atoms with van der Waals surface area (Å²) in [6.07, 6.45) is 0. The normalized spacial score (nSPS) is 12.1. The first kappa shape index (κ1) is 17.6. The minimum atomic E-state index is -0.665. The summed E-state index contributed by atoms with van der Waals surface area (Å²) in [5.41, 5.74) is 6.39. The van der Waals surface area contributed by atoms with E-state index in [2.05, 4.69) is 5.32 Å². The third kappa shape index (κ3) is 6.36. The Hall–Kier alpha value is -1.39. The zero-order valence-corrected chi connectivity index (χ0v) is 12.6. The molecule has 0 aliphatic rings. The van der Waals surface area contributed by atoms with Gasteiger partial charge in [0.25, 0.3) is 0 Å². The van der Waals surface area contributed by atoms with E-state index in [9.17, 15) is 4.79 Å². The average Bonchev–Trinajstić information content (AvgIpc) is 2.40. The van der Waals surface area contributed by atoms with Crippen molar-refractivity contribution in [2.45, 2.75) is 45.8 Å². The maximum Gasteiger partial charge on any atom is 0.324 e. The fourth-order valence-corrected chi connectivity index (χ4v) is 1.58. The minimum Gasteiger partial charge on any atom is -0.468 e. The number of nitrogens with one attached hydrogen (secondary N) is 1. The van der Waals surface area contributed by atoms with Gasteiger partial charge < -0.3 is 10.5 Å². The van der Waals surface area contributed by atoms with Crippen molar-refractivity contribution >= 4 is 5.97 Å². The average molecular weight is 266 g/mol. The van der Waals surface area contributed by atoms with Crippen LogP contribution < -0.4 is 11.1 Å². The van der Waals surface area contributed by atoms with E-state index in [1.807, 2.05) is 44.2 Å².